The van der Waals surface area contributed by atoms with Crippen LogP contribution in [0.15, 0.2) is 0 Å². The molecule has 12 heavy (non-hydrogen) atoms. The van der Waals surface area contributed by atoms with Crippen molar-refractivity contribution in [2.45, 2.75) is 39.5 Å². The van der Waals surface area contributed by atoms with E-state index in [0.29, 0.717) is 0 Å². The van der Waals surface area contributed by atoms with Gasteiger partial charge in [-0.2, -0.15) is 0 Å². The molecule has 1 fully saturated rings. The molecule has 1 aliphatic carbocycles. The van der Waals surface area contributed by atoms with Crippen molar-refractivity contribution in [3.05, 3.63) is 0 Å². The summed E-state index contributed by atoms with van der Waals surface area (Å²) in [6.07, 6.45) is 5.26. The molecule has 1 N–H and O–H groups in total. The normalized spacial score (nSPS) is 29.8. The lowest BCUT2D eigenvalue weighted by atomic mass is 9.83. The summed E-state index contributed by atoms with van der Waals surface area (Å²) in [6.45, 7) is 4.79. The molecule has 1 saturated carbocycles. The second-order valence-corrected chi connectivity index (χ2v) is 4.06. The first-order valence-electron chi connectivity index (χ1n) is 4.93. The lowest BCUT2D eigenvalue weighted by Crippen LogP contribution is -2.29. The fourth-order valence-electron chi connectivity index (χ4n) is 1.82. The molecule has 2 heteroatoms. The van der Waals surface area contributed by atoms with Crippen molar-refractivity contribution in [1.29, 1.82) is 0 Å². The van der Waals surface area contributed by atoms with Gasteiger partial charge >= 0.3 is 0 Å². The molecule has 1 rings (SSSR count). The molecule has 0 aromatic heterocycles. The largest absolute Gasteiger partial charge is 0.356 e. The number of hydrogen-bond donors (Lipinski definition) is 1. The molecule has 70 valence electrons. The molecule has 0 heterocycles. The molecule has 0 atom stereocenters. The van der Waals surface area contributed by atoms with Gasteiger partial charge in [0.2, 0.25) is 5.91 Å². The second kappa shape index (κ2) is 4.48. The topological polar surface area (TPSA) is 29.1 Å². The van der Waals surface area contributed by atoms with E-state index in [1.54, 1.807) is 6.92 Å². The standard InChI is InChI=1S/C10H19NO/c1-8-3-5-10(6-4-8)7-11-9(2)12/h8,10H,3-7H2,1-2H3,(H,11,12). The quantitative estimate of drug-likeness (QED) is 0.672. The van der Waals surface area contributed by atoms with Crippen LogP contribution in [0, 0.1) is 11.8 Å². The van der Waals surface area contributed by atoms with Crippen molar-refractivity contribution >= 4 is 5.91 Å². The molecule has 2 nitrogen and oxygen atoms in total. The molecule has 0 radical (unpaired) electrons. The SMILES string of the molecule is CC(=O)NCC1CCC(C)CC1. The van der Waals surface area contributed by atoms with Crippen molar-refractivity contribution in [2.24, 2.45) is 11.8 Å². The Morgan fingerprint density at radius 2 is 1.92 bits per heavy atom. The maximum absolute atomic E-state index is 10.6. The number of amides is 1. The van der Waals surface area contributed by atoms with Crippen LogP contribution in [0.4, 0.5) is 0 Å². The lowest BCUT2D eigenvalue weighted by molar-refractivity contribution is -0.119. The Hall–Kier alpha value is -0.530. The summed E-state index contributed by atoms with van der Waals surface area (Å²) < 4.78 is 0. The van der Waals surface area contributed by atoms with Gasteiger partial charge in [-0.15, -0.1) is 0 Å². The zero-order valence-electron chi connectivity index (χ0n) is 8.10. The Morgan fingerprint density at radius 3 is 2.42 bits per heavy atom. The van der Waals surface area contributed by atoms with Crippen LogP contribution in [0.5, 0.6) is 0 Å². The molecule has 0 bridgehead atoms. The Bertz CT molecular complexity index is 148. The van der Waals surface area contributed by atoms with Gasteiger partial charge in [-0.3, -0.25) is 4.79 Å². The maximum Gasteiger partial charge on any atom is 0.216 e. The zero-order chi connectivity index (χ0) is 8.97. The fraction of sp³-hybridized carbons (Fsp3) is 0.900. The van der Waals surface area contributed by atoms with Gasteiger partial charge in [-0.25, -0.2) is 0 Å². The summed E-state index contributed by atoms with van der Waals surface area (Å²) >= 11 is 0. The molecule has 0 unspecified atom stereocenters. The second-order valence-electron chi connectivity index (χ2n) is 4.06. The third-order valence-corrected chi connectivity index (χ3v) is 2.78. The van der Waals surface area contributed by atoms with Gasteiger partial charge in [0.1, 0.15) is 0 Å². The Balaban J connectivity index is 2.13. The van der Waals surface area contributed by atoms with E-state index in [2.05, 4.69) is 12.2 Å². The van der Waals surface area contributed by atoms with Crippen LogP contribution in [0.1, 0.15) is 39.5 Å². The molecule has 0 aliphatic heterocycles. The molecular weight excluding hydrogens is 150 g/mol. The minimum Gasteiger partial charge on any atom is -0.356 e. The van der Waals surface area contributed by atoms with E-state index in [4.69, 9.17) is 0 Å². The monoisotopic (exact) mass is 169 g/mol. The first-order chi connectivity index (χ1) is 5.68. The van der Waals surface area contributed by atoms with Crippen molar-refractivity contribution in [1.82, 2.24) is 5.32 Å². The van der Waals surface area contributed by atoms with Crippen LogP contribution in [0.3, 0.4) is 0 Å². The Morgan fingerprint density at radius 1 is 1.33 bits per heavy atom. The van der Waals surface area contributed by atoms with Crippen molar-refractivity contribution in [3.63, 3.8) is 0 Å². The van der Waals surface area contributed by atoms with Crippen LogP contribution in [-0.2, 0) is 4.79 Å². The van der Waals surface area contributed by atoms with Gasteiger partial charge in [-0.1, -0.05) is 19.8 Å². The molecule has 0 aromatic rings. The molecule has 1 amide bonds. The Labute approximate surface area is 74.7 Å². The molecule has 0 spiro atoms. The average Bonchev–Trinajstić information content (AvgIpc) is 2.03. The van der Waals surface area contributed by atoms with Gasteiger partial charge in [0.25, 0.3) is 0 Å². The van der Waals surface area contributed by atoms with Gasteiger partial charge in [0.05, 0.1) is 0 Å². The summed E-state index contributed by atoms with van der Waals surface area (Å²) in [5, 5.41) is 2.89. The van der Waals surface area contributed by atoms with E-state index in [1.165, 1.54) is 25.7 Å². The van der Waals surface area contributed by atoms with E-state index in [-0.39, 0.29) is 5.91 Å². The lowest BCUT2D eigenvalue weighted by Gasteiger charge is -2.25. The first-order valence-corrected chi connectivity index (χ1v) is 4.93. The number of carbonyl (C=O) groups is 1. The van der Waals surface area contributed by atoms with E-state index >= 15 is 0 Å². The van der Waals surface area contributed by atoms with E-state index in [0.717, 1.165) is 18.4 Å². The third kappa shape index (κ3) is 3.24. The summed E-state index contributed by atoms with van der Waals surface area (Å²) in [5.41, 5.74) is 0. The van der Waals surface area contributed by atoms with Crippen LogP contribution >= 0.6 is 0 Å². The number of nitrogens with one attached hydrogen (secondary N) is 1. The van der Waals surface area contributed by atoms with E-state index < -0.39 is 0 Å². The highest BCUT2D eigenvalue weighted by Crippen LogP contribution is 2.27. The summed E-state index contributed by atoms with van der Waals surface area (Å²) in [7, 11) is 0. The summed E-state index contributed by atoms with van der Waals surface area (Å²) in [4.78, 5) is 10.6. The van der Waals surface area contributed by atoms with Gasteiger partial charge in [0.15, 0.2) is 0 Å². The predicted octanol–water partition coefficient (Wildman–Crippen LogP) is 1.95. The van der Waals surface area contributed by atoms with Crippen molar-refractivity contribution in [2.75, 3.05) is 6.54 Å². The van der Waals surface area contributed by atoms with Gasteiger partial charge < -0.3 is 5.32 Å². The number of hydrogen-bond acceptors (Lipinski definition) is 1. The maximum atomic E-state index is 10.6. The summed E-state index contributed by atoms with van der Waals surface area (Å²) in [5.74, 6) is 1.75. The van der Waals surface area contributed by atoms with Crippen molar-refractivity contribution in [3.8, 4) is 0 Å². The van der Waals surface area contributed by atoms with E-state index in [1.807, 2.05) is 0 Å². The minimum absolute atomic E-state index is 0.105. The molecule has 1 aliphatic rings. The van der Waals surface area contributed by atoms with Crippen LogP contribution in [0.25, 0.3) is 0 Å². The first kappa shape index (κ1) is 9.56. The highest BCUT2D eigenvalue weighted by Gasteiger charge is 2.17. The highest BCUT2D eigenvalue weighted by molar-refractivity contribution is 5.72. The van der Waals surface area contributed by atoms with Crippen LogP contribution in [-0.4, -0.2) is 12.5 Å². The molecular formula is C10H19NO. The van der Waals surface area contributed by atoms with Gasteiger partial charge in [-0.05, 0) is 24.7 Å². The number of carbonyl (C=O) groups excluding carboxylic acids is 1. The zero-order valence-corrected chi connectivity index (χ0v) is 8.10. The predicted molar refractivity (Wildman–Crippen MR) is 49.8 cm³/mol. The smallest absolute Gasteiger partial charge is 0.216 e. The number of rotatable bonds is 2. The third-order valence-electron chi connectivity index (χ3n) is 2.78. The average molecular weight is 169 g/mol. The van der Waals surface area contributed by atoms with Gasteiger partial charge in [0, 0.05) is 13.5 Å². The highest BCUT2D eigenvalue weighted by atomic mass is 16.1. The fourth-order valence-corrected chi connectivity index (χ4v) is 1.82. The molecule has 0 saturated heterocycles. The Kier molecular flexibility index (Phi) is 3.57. The van der Waals surface area contributed by atoms with Crippen LogP contribution in [0.2, 0.25) is 0 Å². The van der Waals surface area contributed by atoms with Crippen LogP contribution < -0.4 is 5.32 Å². The summed E-state index contributed by atoms with van der Waals surface area (Å²) in [6, 6.07) is 0. The molecule has 0 aromatic carbocycles. The van der Waals surface area contributed by atoms with Crippen molar-refractivity contribution < 1.29 is 4.79 Å². The minimum atomic E-state index is 0.105. The van der Waals surface area contributed by atoms with E-state index in [9.17, 15) is 4.79 Å².